The third-order valence-electron chi connectivity index (χ3n) is 6.76. The summed E-state index contributed by atoms with van der Waals surface area (Å²) >= 11 is 0. The van der Waals surface area contributed by atoms with Crippen molar-refractivity contribution >= 4 is 11.2 Å². The predicted molar refractivity (Wildman–Crippen MR) is 133 cm³/mol. The van der Waals surface area contributed by atoms with Crippen LogP contribution >= 0.6 is 0 Å². The highest BCUT2D eigenvalue weighted by Gasteiger charge is 2.29. The first-order valence-corrected chi connectivity index (χ1v) is 11.6. The molecular weight excluding hydrogens is 424 g/mol. The fraction of sp³-hybridized carbons (Fsp3) is 0.222. The first kappa shape index (κ1) is 20.6. The summed E-state index contributed by atoms with van der Waals surface area (Å²) in [5.41, 5.74) is 4.67. The van der Waals surface area contributed by atoms with Crippen LogP contribution in [0.25, 0.3) is 28.0 Å². The first-order valence-electron chi connectivity index (χ1n) is 11.6. The molecule has 7 heteroatoms. The molecule has 0 radical (unpaired) electrons. The number of likely N-dealkylation sites (tertiary alicyclic amines) is 1. The zero-order valence-corrected chi connectivity index (χ0v) is 19.1. The van der Waals surface area contributed by atoms with E-state index in [1.54, 1.807) is 10.8 Å². The molecular formula is C27H26N6O. The van der Waals surface area contributed by atoms with Gasteiger partial charge >= 0.3 is 5.69 Å². The average molecular weight is 451 g/mol. The molecule has 1 aliphatic heterocycles. The second-order valence-electron chi connectivity index (χ2n) is 8.88. The zero-order valence-electron chi connectivity index (χ0n) is 19.1. The molecule has 1 aliphatic rings. The van der Waals surface area contributed by atoms with Crippen LogP contribution in [0.3, 0.4) is 0 Å². The fourth-order valence-corrected chi connectivity index (χ4v) is 4.98. The summed E-state index contributed by atoms with van der Waals surface area (Å²) in [5, 5.41) is 0. The number of imidazole rings is 2. The lowest BCUT2D eigenvalue weighted by molar-refractivity contribution is 0.304. The Morgan fingerprint density at radius 1 is 0.912 bits per heavy atom. The van der Waals surface area contributed by atoms with Crippen LogP contribution in [0.1, 0.15) is 18.3 Å². The van der Waals surface area contributed by atoms with Crippen LogP contribution in [0.2, 0.25) is 0 Å². The normalized spacial score (nSPS) is 16.4. The maximum absolute atomic E-state index is 13.8. The second kappa shape index (κ2) is 8.43. The van der Waals surface area contributed by atoms with Gasteiger partial charge in [0, 0.05) is 38.7 Å². The molecule has 0 amide bonds. The molecule has 2 aromatic carbocycles. The highest BCUT2D eigenvalue weighted by atomic mass is 16.2. The van der Waals surface area contributed by atoms with E-state index in [0.717, 1.165) is 59.9 Å². The van der Waals surface area contributed by atoms with Gasteiger partial charge in [0.1, 0.15) is 5.82 Å². The van der Waals surface area contributed by atoms with Gasteiger partial charge in [-0.1, -0.05) is 42.5 Å². The molecule has 6 rings (SSSR count). The number of aryl methyl sites for hydroxylation is 1. The van der Waals surface area contributed by atoms with E-state index in [4.69, 9.17) is 0 Å². The van der Waals surface area contributed by atoms with Gasteiger partial charge in [0.15, 0.2) is 5.65 Å². The molecule has 0 unspecified atom stereocenters. The maximum Gasteiger partial charge on any atom is 0.335 e. The number of hydrogen-bond acceptors (Lipinski definition) is 4. The summed E-state index contributed by atoms with van der Waals surface area (Å²) in [4.78, 5) is 25.2. The second-order valence-corrected chi connectivity index (χ2v) is 8.88. The standard InChI is InChI=1S/C27H26N6O/c1-30-17-15-28-25(30)19-31-16-13-23(18-31)33-26-24(8-5-14-29-26)32(27(33)34)22-11-9-21(10-12-22)20-6-3-2-4-7-20/h2-12,14-15,17,23H,13,16,18-19H2,1H3/t23-/m0/s1. The summed E-state index contributed by atoms with van der Waals surface area (Å²) < 4.78 is 5.73. The van der Waals surface area contributed by atoms with E-state index in [2.05, 4.69) is 39.1 Å². The lowest BCUT2D eigenvalue weighted by Gasteiger charge is -2.16. The molecule has 0 bridgehead atoms. The van der Waals surface area contributed by atoms with Crippen molar-refractivity contribution < 1.29 is 0 Å². The third-order valence-corrected chi connectivity index (χ3v) is 6.76. The highest BCUT2D eigenvalue weighted by Crippen LogP contribution is 2.27. The van der Waals surface area contributed by atoms with Crippen molar-refractivity contribution in [1.29, 1.82) is 0 Å². The van der Waals surface area contributed by atoms with Crippen molar-refractivity contribution in [3.63, 3.8) is 0 Å². The maximum atomic E-state index is 13.8. The van der Waals surface area contributed by atoms with Gasteiger partial charge in [0.05, 0.1) is 23.8 Å². The average Bonchev–Trinajstić information content (AvgIpc) is 3.57. The molecule has 3 aromatic heterocycles. The molecule has 7 nitrogen and oxygen atoms in total. The summed E-state index contributed by atoms with van der Waals surface area (Å²) in [5.74, 6) is 1.03. The smallest absolute Gasteiger partial charge is 0.335 e. The number of nitrogens with zero attached hydrogens (tertiary/aromatic N) is 6. The molecule has 170 valence electrons. The Balaban J connectivity index is 1.35. The Morgan fingerprint density at radius 3 is 2.47 bits per heavy atom. The van der Waals surface area contributed by atoms with Crippen molar-refractivity contribution in [1.82, 2.24) is 28.6 Å². The number of hydrogen-bond donors (Lipinski definition) is 0. The van der Waals surface area contributed by atoms with Gasteiger partial charge < -0.3 is 4.57 Å². The van der Waals surface area contributed by atoms with E-state index in [9.17, 15) is 4.79 Å². The van der Waals surface area contributed by atoms with Crippen LogP contribution in [-0.4, -0.2) is 41.7 Å². The third kappa shape index (κ3) is 3.54. The first-order chi connectivity index (χ1) is 16.7. The predicted octanol–water partition coefficient (Wildman–Crippen LogP) is 4.03. The number of fused-ring (bicyclic) bond motifs is 1. The minimum Gasteiger partial charge on any atom is -0.337 e. The molecule has 5 aromatic rings. The van der Waals surface area contributed by atoms with Crippen LogP contribution in [0.4, 0.5) is 0 Å². The van der Waals surface area contributed by atoms with Crippen LogP contribution in [0, 0.1) is 0 Å². The molecule has 0 saturated carbocycles. The molecule has 34 heavy (non-hydrogen) atoms. The largest absolute Gasteiger partial charge is 0.337 e. The van der Waals surface area contributed by atoms with Crippen LogP contribution < -0.4 is 5.69 Å². The highest BCUT2D eigenvalue weighted by molar-refractivity contribution is 5.75. The van der Waals surface area contributed by atoms with E-state index in [-0.39, 0.29) is 11.7 Å². The lowest BCUT2D eigenvalue weighted by atomic mass is 10.1. The van der Waals surface area contributed by atoms with E-state index >= 15 is 0 Å². The quantitative estimate of drug-likeness (QED) is 0.406. The van der Waals surface area contributed by atoms with Gasteiger partial charge in [0.25, 0.3) is 0 Å². The van der Waals surface area contributed by atoms with Crippen molar-refractivity contribution in [2.45, 2.75) is 19.0 Å². The van der Waals surface area contributed by atoms with Gasteiger partial charge in [-0.05, 0) is 41.8 Å². The zero-order chi connectivity index (χ0) is 23.1. The molecule has 1 fully saturated rings. The summed E-state index contributed by atoms with van der Waals surface area (Å²) in [7, 11) is 2.01. The van der Waals surface area contributed by atoms with Gasteiger partial charge in [-0.15, -0.1) is 0 Å². The Bertz CT molecular complexity index is 1500. The fourth-order valence-electron chi connectivity index (χ4n) is 4.98. The topological polar surface area (TPSA) is 60.9 Å². The van der Waals surface area contributed by atoms with E-state index in [1.807, 2.05) is 71.0 Å². The Labute approximate surface area is 197 Å². The molecule has 1 saturated heterocycles. The van der Waals surface area contributed by atoms with Crippen LogP contribution in [0.15, 0.2) is 90.1 Å². The lowest BCUT2D eigenvalue weighted by Crippen LogP contribution is -2.29. The Morgan fingerprint density at radius 2 is 1.71 bits per heavy atom. The van der Waals surface area contributed by atoms with Crippen molar-refractivity contribution in [2.24, 2.45) is 7.05 Å². The molecule has 1 atom stereocenters. The Kier molecular flexibility index (Phi) is 5.11. The van der Waals surface area contributed by atoms with Crippen molar-refractivity contribution in [3.8, 4) is 16.8 Å². The SMILES string of the molecule is Cn1ccnc1CN1CC[C@H](n2c(=O)n(-c3ccc(-c4ccccc4)cc3)c3cccnc32)C1. The van der Waals surface area contributed by atoms with Crippen molar-refractivity contribution in [2.75, 3.05) is 13.1 Å². The Hall–Kier alpha value is -3.97. The van der Waals surface area contributed by atoms with Gasteiger partial charge in [0.2, 0.25) is 0 Å². The van der Waals surface area contributed by atoms with E-state index in [0.29, 0.717) is 0 Å². The molecule has 0 aliphatic carbocycles. The molecule has 0 spiro atoms. The molecule has 0 N–H and O–H groups in total. The van der Waals surface area contributed by atoms with Gasteiger partial charge in [-0.2, -0.15) is 0 Å². The number of benzene rings is 2. The number of aromatic nitrogens is 5. The van der Waals surface area contributed by atoms with Crippen LogP contribution in [-0.2, 0) is 13.6 Å². The monoisotopic (exact) mass is 450 g/mol. The minimum absolute atomic E-state index is 0.0370. The van der Waals surface area contributed by atoms with Gasteiger partial charge in [-0.3, -0.25) is 14.0 Å². The number of pyridine rings is 1. The molecule has 4 heterocycles. The van der Waals surface area contributed by atoms with E-state index < -0.39 is 0 Å². The minimum atomic E-state index is -0.0370. The van der Waals surface area contributed by atoms with Crippen molar-refractivity contribution in [3.05, 3.63) is 102 Å². The van der Waals surface area contributed by atoms with E-state index in [1.165, 1.54) is 0 Å². The summed E-state index contributed by atoms with van der Waals surface area (Å²) in [6.07, 6.45) is 6.47. The summed E-state index contributed by atoms with van der Waals surface area (Å²) in [6, 6.07) is 22.4. The summed E-state index contributed by atoms with van der Waals surface area (Å²) in [6.45, 7) is 2.51. The van der Waals surface area contributed by atoms with Crippen LogP contribution in [0.5, 0.6) is 0 Å². The number of rotatable bonds is 5. The van der Waals surface area contributed by atoms with Gasteiger partial charge in [-0.25, -0.2) is 14.8 Å².